The number of hydrogen-bond acceptors (Lipinski definition) is 6. The van der Waals surface area contributed by atoms with Crippen molar-refractivity contribution in [1.82, 2.24) is 0 Å². The summed E-state index contributed by atoms with van der Waals surface area (Å²) >= 11 is 14.7. The molecule has 6 nitrogen and oxygen atoms in total. The zero-order valence-electron chi connectivity index (χ0n) is 106. The van der Waals surface area contributed by atoms with Gasteiger partial charge in [-0.2, -0.15) is 53.4 Å². The van der Waals surface area contributed by atoms with E-state index in [1.54, 1.807) is 0 Å². The third-order valence-corrected chi connectivity index (χ3v) is 19.5. The van der Waals surface area contributed by atoms with Gasteiger partial charge in [-0.3, -0.25) is 0 Å². The molecule has 0 atom stereocenters. The summed E-state index contributed by atoms with van der Waals surface area (Å²) in [6.07, 6.45) is 44.6. The smallest absolute Gasteiger partial charge is 0 e. The topological polar surface area (TPSA) is 19.4 Å². The largest absolute Gasteiger partial charge is 4.00 e. The van der Waals surface area contributed by atoms with Crippen molar-refractivity contribution in [3.63, 3.8) is 0 Å². The van der Waals surface area contributed by atoms with Crippen LogP contribution in [0.25, 0.3) is 0 Å². The Morgan fingerprint density at radius 3 is 0.596 bits per heavy atom. The van der Waals surface area contributed by atoms with Gasteiger partial charge in [0.15, 0.2) is 0 Å². The van der Waals surface area contributed by atoms with E-state index >= 15 is 0 Å². The Morgan fingerprint density at radius 1 is 0.226 bits per heavy atom. The van der Waals surface area contributed by atoms with Gasteiger partial charge in [0.25, 0.3) is 0 Å². The summed E-state index contributed by atoms with van der Waals surface area (Å²) in [5, 5.41) is 0. The van der Waals surface area contributed by atoms with Gasteiger partial charge >= 0.3 is 150 Å². The second kappa shape index (κ2) is 174. The van der Waals surface area contributed by atoms with Crippen molar-refractivity contribution in [2.45, 2.75) is 502 Å². The van der Waals surface area contributed by atoms with E-state index in [1.165, 1.54) is 168 Å². The van der Waals surface area contributed by atoms with E-state index in [9.17, 15) is 0 Å². The molecule has 0 bridgehead atoms. The molecule has 0 aliphatic carbocycles. The average molecular weight is 3270 g/mol. The van der Waals surface area contributed by atoms with Crippen LogP contribution in [-0.2, 0) is 111 Å². The Hall–Kier alpha value is 1.20. The minimum atomic E-state index is -0.359. The van der Waals surface area contributed by atoms with E-state index in [4.69, 9.17) is 0 Å². The second-order valence-electron chi connectivity index (χ2n) is 27.1. The monoisotopic (exact) mass is 3260 g/mol. The maximum absolute atomic E-state index is 2.68. The van der Waals surface area contributed by atoms with E-state index < -0.39 is 0 Å². The van der Waals surface area contributed by atoms with Crippen LogP contribution in [0.5, 0.6) is 0 Å². The van der Waals surface area contributed by atoms with Gasteiger partial charge in [-0.05, 0) is 152 Å². The van der Waals surface area contributed by atoms with Crippen molar-refractivity contribution in [1.29, 1.82) is 0 Å². The molecule has 0 aliphatic heterocycles. The summed E-state index contributed by atoms with van der Waals surface area (Å²) in [4.78, 5) is 15.4. The third-order valence-electron chi connectivity index (χ3n) is 19.5. The number of aryl methyl sites for hydroxylation is 9. The number of halogens is 6. The molecule has 6 rings (SSSR count). The van der Waals surface area contributed by atoms with Crippen molar-refractivity contribution < 1.29 is 53.7 Å². The summed E-state index contributed by atoms with van der Waals surface area (Å²) in [5.41, 5.74) is 22.0. The normalized spacial score (nSPS) is 8.86. The van der Waals surface area contributed by atoms with Gasteiger partial charge in [0.2, 0.25) is 0 Å². The Bertz CT molecular complexity index is 2760. The van der Waals surface area contributed by atoms with Crippen LogP contribution < -0.4 is 29.4 Å². The summed E-state index contributed by atoms with van der Waals surface area (Å²) in [6.45, 7) is 118. The van der Waals surface area contributed by atoms with Gasteiger partial charge in [0.05, 0.1) is 0 Å². The van der Waals surface area contributed by atoms with E-state index in [-0.39, 0.29) is 61.1 Å². The van der Waals surface area contributed by atoms with Crippen LogP contribution in [0, 0.1) is 51.4 Å². The molecule has 0 saturated carbocycles. The Kier molecular flexibility index (Phi) is 231. The fraction of sp³-hybridized carbons (Fsp3) is 0.662. The van der Waals surface area contributed by atoms with Crippen LogP contribution in [-0.4, -0.2) is 78.5 Å². The molecule has 0 aliphatic rings. The Balaban J connectivity index is -0.0000000749. The van der Waals surface area contributed by atoms with E-state index in [2.05, 4.69) is 429 Å². The van der Waals surface area contributed by atoms with Gasteiger partial charge in [-0.15, -0.1) is 65.2 Å². The first kappa shape index (κ1) is 194. The Labute approximate surface area is 1030 Å². The van der Waals surface area contributed by atoms with Crippen molar-refractivity contribution >= 4 is 151 Å². The number of nitrogens with zero attached hydrogens (tertiary/aromatic N) is 6. The van der Waals surface area contributed by atoms with Gasteiger partial charge in [-0.25, -0.2) is 0 Å². The number of benzene rings is 6. The molecule has 0 aromatic heterocycles. The molecule has 0 saturated heterocycles. The summed E-state index contributed by atoms with van der Waals surface area (Å²) < 4.78 is 0. The molecule has 0 heterocycles. The molecule has 0 spiro atoms. The number of rotatable bonds is 51. The molecular formula is C130H254I6N6Pd2Pt2-4. The molecule has 0 amide bonds. The molecule has 16 heteroatoms. The van der Waals surface area contributed by atoms with Gasteiger partial charge in [0, 0.05) is 80.7 Å². The maximum atomic E-state index is 2.68. The summed E-state index contributed by atoms with van der Waals surface area (Å²) in [6, 6.07) is 47.2. The van der Waals surface area contributed by atoms with E-state index in [0.717, 1.165) is 136 Å². The van der Waals surface area contributed by atoms with Gasteiger partial charge in [-0.1, -0.05) is 461 Å². The minimum absolute atomic E-state index is 0. The van der Waals surface area contributed by atoms with Crippen molar-refractivity contribution in [2.75, 3.05) is 108 Å². The molecule has 6 aromatic carbocycles. The number of para-hydroxylation sites is 6. The fourth-order valence-electron chi connectivity index (χ4n) is 14.3. The third kappa shape index (κ3) is 109. The van der Waals surface area contributed by atoms with Crippen LogP contribution in [0.15, 0.2) is 127 Å². The first-order valence-corrected chi connectivity index (χ1v) is 91.9. The molecule has 0 N–H and O–H groups in total. The first-order valence-electron chi connectivity index (χ1n) is 58.7. The van der Waals surface area contributed by atoms with Crippen LogP contribution in [0.4, 0.5) is 34.1 Å². The maximum Gasteiger partial charge on any atom is 4.00 e. The van der Waals surface area contributed by atoms with Crippen molar-refractivity contribution in [3.05, 3.63) is 229 Å². The molecule has 0 radical (unpaired) electrons. The van der Waals surface area contributed by atoms with Gasteiger partial charge in [0.1, 0.15) is 0 Å². The quantitative estimate of drug-likeness (QED) is 0.0163. The van der Waals surface area contributed by atoms with Crippen molar-refractivity contribution in [2.24, 2.45) is 0 Å². The predicted molar refractivity (Wildman–Crippen MR) is 740 cm³/mol. The van der Waals surface area contributed by atoms with Crippen LogP contribution >= 0.6 is 117 Å². The zero-order chi connectivity index (χ0) is 115. The zero-order valence-corrected chi connectivity index (χ0v) is 126. The van der Waals surface area contributed by atoms with Crippen molar-refractivity contribution in [3.8, 4) is 0 Å². The van der Waals surface area contributed by atoms with Gasteiger partial charge < -0.3 is 80.8 Å². The average Bonchev–Trinajstić information content (AvgIpc) is 0.827. The number of hydrogen-bond donors (Lipinski definition) is 0. The van der Waals surface area contributed by atoms with Crippen LogP contribution in [0.2, 0.25) is 0 Å². The number of unbranched alkanes of at least 4 members (excludes halogenated alkanes) is 12. The van der Waals surface area contributed by atoms with Crippen LogP contribution in [0.1, 0.15) is 494 Å². The van der Waals surface area contributed by atoms with E-state index in [0.29, 0.717) is 0 Å². The minimum Gasteiger partial charge on any atom is 0 e. The van der Waals surface area contributed by atoms with E-state index in [1.807, 2.05) is 249 Å². The summed E-state index contributed by atoms with van der Waals surface area (Å²) in [5.74, 6) is -0.0733. The standard InChI is InChI=1S/C31H50N2.2C31H46N2.18C2H6.CH4.6HI.2Pd.2Pt/c3*1-6-23-32(30-22-15-14-19-27(30)8-3)25-16-12-11-13-17-26-33(24-7-2)31-28(9-4)20-18-21-29(31)10-5;18*1-2;;;;;;;;;;;/h14-15,18-22H,6-13,16-17,23-26H2,1-5H3;2*6-7,14-22H,8-13,23-26H2,1-5H3;18*1-2H3;1H4;6*1H;;;;/q;2*-4;;;;;;;;;;;;;;;;;;;;;;;;;;;2*+3;+4/p-6. The second-order valence-corrected chi connectivity index (χ2v) is 113. The van der Waals surface area contributed by atoms with Crippen LogP contribution in [0.3, 0.4) is 0 Å². The first-order chi connectivity index (χ1) is 70.0. The molecule has 890 valence electrons. The molecule has 0 unspecified atom stereocenters. The summed E-state index contributed by atoms with van der Waals surface area (Å²) in [7, 11) is 0. The SMILES string of the molecule is C.CC.CC.CC.CC.CC.CC.CC.CC.CC.CC.CC.CC.CC.CC.CC.CC.CC.CC.CCCN(CCCCCCCN(CCC)c1c(CC)cccc1CC)c1ccccc1CC.C[CH-]CN(C[CH-]CCC[CH-]CN(C[CH-]C)c1c(CC)cccc1CC)c1ccccc1CC.C[CH-]CN(C[CH-]CCC[CH-]CN(C[CH-]C)c1c(CC)cccc1CC)c1ccccc1CC.[I][Pd]([I])[I].[I][Pt]([I])[I].[Pd].[Pt+4]. The fourth-order valence-corrected chi connectivity index (χ4v) is 14.3. The predicted octanol–water partition coefficient (Wildman–Crippen LogP) is 48.3. The number of anilines is 6. The molecule has 6 aromatic rings. The molecular weight excluding hydrogens is 3010 g/mol. The Morgan fingerprint density at radius 2 is 0.390 bits per heavy atom. The molecule has 146 heavy (non-hydrogen) atoms. The molecule has 0 fully saturated rings.